The van der Waals surface area contributed by atoms with Gasteiger partial charge in [0.25, 0.3) is 5.91 Å². The summed E-state index contributed by atoms with van der Waals surface area (Å²) in [5, 5.41) is 0. The van der Waals surface area contributed by atoms with Crippen LogP contribution in [0.15, 0.2) is 18.2 Å². The van der Waals surface area contributed by atoms with E-state index in [0.29, 0.717) is 18.2 Å². The van der Waals surface area contributed by atoms with Gasteiger partial charge in [0.05, 0.1) is 0 Å². The van der Waals surface area contributed by atoms with Crippen LogP contribution in [0.25, 0.3) is 0 Å². The summed E-state index contributed by atoms with van der Waals surface area (Å²) < 4.78 is 0. The number of amides is 1. The van der Waals surface area contributed by atoms with Crippen molar-refractivity contribution in [2.75, 3.05) is 19.6 Å². The highest BCUT2D eigenvalue weighted by molar-refractivity contribution is 5.92. The Morgan fingerprint density at radius 2 is 2.22 bits per heavy atom. The number of likely N-dealkylation sites (tertiary alicyclic amines) is 1. The topological polar surface area (TPSA) is 59.2 Å². The van der Waals surface area contributed by atoms with Crippen LogP contribution in [0.3, 0.4) is 0 Å². The van der Waals surface area contributed by atoms with Crippen molar-refractivity contribution < 1.29 is 4.79 Å². The summed E-state index contributed by atoms with van der Waals surface area (Å²) in [6.45, 7) is 4.12. The minimum atomic E-state index is 0. The van der Waals surface area contributed by atoms with Crippen LogP contribution in [0, 0.1) is 12.8 Å². The molecule has 102 valence electrons. The van der Waals surface area contributed by atoms with Crippen LogP contribution in [0.2, 0.25) is 0 Å². The number of rotatable bonds is 2. The van der Waals surface area contributed by atoms with Crippen LogP contribution in [0.1, 0.15) is 22.6 Å². The minimum Gasteiger partial charge on any atom is -0.337 e. The van der Waals surface area contributed by atoms with Gasteiger partial charge in [-0.15, -0.1) is 24.8 Å². The van der Waals surface area contributed by atoms with Gasteiger partial charge >= 0.3 is 0 Å². The molecule has 0 bridgehead atoms. The van der Waals surface area contributed by atoms with Crippen LogP contribution in [0.5, 0.6) is 0 Å². The number of carbonyl (C=O) groups excluding carboxylic acids is 1. The normalized spacial score (nSPS) is 17.9. The van der Waals surface area contributed by atoms with Crippen molar-refractivity contribution in [2.45, 2.75) is 13.3 Å². The molecule has 2 rings (SSSR count). The van der Waals surface area contributed by atoms with E-state index < -0.39 is 0 Å². The summed E-state index contributed by atoms with van der Waals surface area (Å²) in [6, 6.07) is 5.53. The fraction of sp³-hybridized carbons (Fsp3) is 0.500. The first kappa shape index (κ1) is 17.2. The molecule has 0 spiro atoms. The van der Waals surface area contributed by atoms with Gasteiger partial charge in [0.1, 0.15) is 5.69 Å². The van der Waals surface area contributed by atoms with Gasteiger partial charge in [-0.3, -0.25) is 4.79 Å². The van der Waals surface area contributed by atoms with E-state index in [9.17, 15) is 4.79 Å². The lowest BCUT2D eigenvalue weighted by Crippen LogP contribution is -2.30. The summed E-state index contributed by atoms with van der Waals surface area (Å²) in [6.07, 6.45) is 1.01. The molecule has 0 radical (unpaired) electrons. The van der Waals surface area contributed by atoms with Crippen LogP contribution in [-0.4, -0.2) is 35.4 Å². The predicted octanol–water partition coefficient (Wildman–Crippen LogP) is 1.65. The standard InChI is InChI=1S/C12H17N3O.2ClH/c1-9-3-2-4-11(14-9)12(16)15-6-5-10(7-13)8-15;;/h2-4,10H,5-8,13H2,1H3;2*1H. The van der Waals surface area contributed by atoms with Gasteiger partial charge in [0.15, 0.2) is 0 Å². The first-order chi connectivity index (χ1) is 7.70. The van der Waals surface area contributed by atoms with E-state index in [0.717, 1.165) is 25.2 Å². The Balaban J connectivity index is 0.00000144. The van der Waals surface area contributed by atoms with E-state index in [1.807, 2.05) is 24.0 Å². The average Bonchev–Trinajstić information content (AvgIpc) is 2.76. The molecule has 1 aliphatic heterocycles. The summed E-state index contributed by atoms with van der Waals surface area (Å²) in [4.78, 5) is 18.2. The van der Waals surface area contributed by atoms with E-state index in [-0.39, 0.29) is 30.7 Å². The average molecular weight is 292 g/mol. The number of aryl methyl sites for hydroxylation is 1. The molecular weight excluding hydrogens is 273 g/mol. The summed E-state index contributed by atoms with van der Waals surface area (Å²) in [5.74, 6) is 0.480. The smallest absolute Gasteiger partial charge is 0.272 e. The van der Waals surface area contributed by atoms with E-state index in [4.69, 9.17) is 5.73 Å². The number of pyridine rings is 1. The summed E-state index contributed by atoms with van der Waals surface area (Å²) >= 11 is 0. The summed E-state index contributed by atoms with van der Waals surface area (Å²) in [7, 11) is 0. The largest absolute Gasteiger partial charge is 0.337 e. The molecule has 4 nitrogen and oxygen atoms in total. The van der Waals surface area contributed by atoms with E-state index in [2.05, 4.69) is 4.98 Å². The Labute approximate surface area is 120 Å². The van der Waals surface area contributed by atoms with E-state index in [1.165, 1.54) is 0 Å². The highest BCUT2D eigenvalue weighted by Gasteiger charge is 2.26. The maximum absolute atomic E-state index is 12.1. The zero-order valence-electron chi connectivity index (χ0n) is 10.3. The maximum atomic E-state index is 12.1. The SMILES string of the molecule is Cc1cccc(C(=O)N2CCC(CN)C2)n1.Cl.Cl. The van der Waals surface area contributed by atoms with Crippen LogP contribution < -0.4 is 5.73 Å². The van der Waals surface area contributed by atoms with Gasteiger partial charge in [0, 0.05) is 18.8 Å². The van der Waals surface area contributed by atoms with Crippen LogP contribution in [-0.2, 0) is 0 Å². The molecule has 1 saturated heterocycles. The molecule has 1 aliphatic rings. The fourth-order valence-electron chi connectivity index (χ4n) is 2.03. The second-order valence-corrected chi connectivity index (χ2v) is 4.31. The first-order valence-electron chi connectivity index (χ1n) is 5.63. The molecule has 2 heterocycles. The van der Waals surface area contributed by atoms with Gasteiger partial charge in [-0.05, 0) is 37.9 Å². The molecule has 1 unspecified atom stereocenters. The Morgan fingerprint density at radius 3 is 2.78 bits per heavy atom. The lowest BCUT2D eigenvalue weighted by molar-refractivity contribution is 0.0781. The third-order valence-electron chi connectivity index (χ3n) is 3.01. The number of hydrogen-bond acceptors (Lipinski definition) is 3. The van der Waals surface area contributed by atoms with Crippen LogP contribution >= 0.6 is 24.8 Å². The quantitative estimate of drug-likeness (QED) is 0.901. The fourth-order valence-corrected chi connectivity index (χ4v) is 2.03. The lowest BCUT2D eigenvalue weighted by atomic mass is 10.1. The third-order valence-corrected chi connectivity index (χ3v) is 3.01. The molecular formula is C12H19Cl2N3O. The molecule has 0 saturated carbocycles. The molecule has 0 aliphatic carbocycles. The number of nitrogens with two attached hydrogens (primary N) is 1. The van der Waals surface area contributed by atoms with Crippen molar-refractivity contribution in [3.8, 4) is 0 Å². The van der Waals surface area contributed by atoms with Crippen molar-refractivity contribution >= 4 is 30.7 Å². The molecule has 1 aromatic rings. The molecule has 1 aromatic heterocycles. The predicted molar refractivity (Wildman–Crippen MR) is 76.5 cm³/mol. The number of hydrogen-bond donors (Lipinski definition) is 1. The van der Waals surface area contributed by atoms with Crippen molar-refractivity contribution in [2.24, 2.45) is 11.7 Å². The minimum absolute atomic E-state index is 0. The second kappa shape index (κ2) is 7.56. The highest BCUT2D eigenvalue weighted by atomic mass is 35.5. The number of nitrogens with zero attached hydrogens (tertiary/aromatic N) is 2. The van der Waals surface area contributed by atoms with Gasteiger partial charge < -0.3 is 10.6 Å². The first-order valence-corrected chi connectivity index (χ1v) is 5.63. The van der Waals surface area contributed by atoms with E-state index >= 15 is 0 Å². The Hall–Kier alpha value is -0.840. The number of aromatic nitrogens is 1. The van der Waals surface area contributed by atoms with Gasteiger partial charge in [-0.1, -0.05) is 6.07 Å². The Kier molecular flexibility index (Phi) is 7.21. The molecule has 1 fully saturated rings. The van der Waals surface area contributed by atoms with Crippen molar-refractivity contribution in [1.29, 1.82) is 0 Å². The Morgan fingerprint density at radius 1 is 1.50 bits per heavy atom. The molecule has 18 heavy (non-hydrogen) atoms. The van der Waals surface area contributed by atoms with Crippen molar-refractivity contribution in [1.82, 2.24) is 9.88 Å². The molecule has 6 heteroatoms. The van der Waals surface area contributed by atoms with Gasteiger partial charge in [-0.2, -0.15) is 0 Å². The van der Waals surface area contributed by atoms with Gasteiger partial charge in [-0.25, -0.2) is 4.98 Å². The number of carbonyl (C=O) groups is 1. The maximum Gasteiger partial charge on any atom is 0.272 e. The Bertz CT molecular complexity index is 401. The highest BCUT2D eigenvalue weighted by Crippen LogP contribution is 2.17. The molecule has 0 aromatic carbocycles. The monoisotopic (exact) mass is 291 g/mol. The third kappa shape index (κ3) is 3.83. The zero-order chi connectivity index (χ0) is 11.5. The number of halogens is 2. The molecule has 1 amide bonds. The van der Waals surface area contributed by atoms with Crippen molar-refractivity contribution in [3.63, 3.8) is 0 Å². The molecule has 1 atom stereocenters. The second-order valence-electron chi connectivity index (χ2n) is 4.31. The molecule has 2 N–H and O–H groups in total. The van der Waals surface area contributed by atoms with E-state index in [1.54, 1.807) is 6.07 Å². The zero-order valence-corrected chi connectivity index (χ0v) is 12.0. The van der Waals surface area contributed by atoms with Crippen molar-refractivity contribution in [3.05, 3.63) is 29.6 Å². The lowest BCUT2D eigenvalue weighted by Gasteiger charge is -2.15. The van der Waals surface area contributed by atoms with Crippen LogP contribution in [0.4, 0.5) is 0 Å². The van der Waals surface area contributed by atoms with Gasteiger partial charge in [0.2, 0.25) is 0 Å². The summed E-state index contributed by atoms with van der Waals surface area (Å²) in [5.41, 5.74) is 7.02.